The second kappa shape index (κ2) is 5.89. The monoisotopic (exact) mass is 318 g/mol. The number of halogens is 1. The molecule has 3 N–H and O–H groups in total. The van der Waals surface area contributed by atoms with E-state index in [-0.39, 0.29) is 5.91 Å². The Morgan fingerprint density at radius 1 is 1.21 bits per heavy atom. The Hall–Kier alpha value is -1.81. The first kappa shape index (κ1) is 13.6. The van der Waals surface area contributed by atoms with Gasteiger partial charge in [0.2, 0.25) is 0 Å². The van der Waals surface area contributed by atoms with Crippen molar-refractivity contribution in [3.63, 3.8) is 0 Å². The van der Waals surface area contributed by atoms with E-state index in [1.807, 2.05) is 30.3 Å². The van der Waals surface area contributed by atoms with E-state index in [4.69, 9.17) is 5.73 Å². The summed E-state index contributed by atoms with van der Waals surface area (Å²) in [5.74, 6) is -0.156. The summed E-state index contributed by atoms with van der Waals surface area (Å²) in [5.41, 5.74) is 8.83. The number of hydrogen-bond donors (Lipinski definition) is 2. The third-order valence-corrected chi connectivity index (χ3v) is 3.38. The highest BCUT2D eigenvalue weighted by molar-refractivity contribution is 9.10. The number of nitrogen functional groups attached to an aromatic ring is 1. The molecule has 0 bridgehead atoms. The van der Waals surface area contributed by atoms with Gasteiger partial charge in [-0.3, -0.25) is 4.79 Å². The number of carbonyl (C=O) groups is 1. The summed E-state index contributed by atoms with van der Waals surface area (Å²) >= 11 is 3.33. The highest BCUT2D eigenvalue weighted by atomic mass is 79.9. The van der Waals surface area contributed by atoms with Crippen molar-refractivity contribution in [1.82, 2.24) is 0 Å². The molecule has 0 aliphatic rings. The van der Waals surface area contributed by atoms with Gasteiger partial charge in [0.1, 0.15) is 0 Å². The molecule has 0 atom stereocenters. The quantitative estimate of drug-likeness (QED) is 0.845. The number of aryl methyl sites for hydroxylation is 1. The van der Waals surface area contributed by atoms with Crippen molar-refractivity contribution in [2.45, 2.75) is 13.3 Å². The zero-order valence-electron chi connectivity index (χ0n) is 10.6. The van der Waals surface area contributed by atoms with Gasteiger partial charge in [-0.05, 0) is 42.3 Å². The van der Waals surface area contributed by atoms with Crippen molar-refractivity contribution in [3.8, 4) is 0 Å². The van der Waals surface area contributed by atoms with Crippen LogP contribution in [-0.4, -0.2) is 5.91 Å². The molecule has 0 saturated carbocycles. The van der Waals surface area contributed by atoms with Crippen LogP contribution < -0.4 is 11.1 Å². The number of benzene rings is 2. The molecule has 4 heteroatoms. The van der Waals surface area contributed by atoms with Gasteiger partial charge in [0.05, 0.1) is 11.4 Å². The molecule has 0 aromatic heterocycles. The summed E-state index contributed by atoms with van der Waals surface area (Å²) in [6.45, 7) is 2.08. The SMILES string of the molecule is CCc1ccc(C(=O)Nc2ccc(Br)cc2N)cc1. The van der Waals surface area contributed by atoms with Crippen LogP contribution in [0.2, 0.25) is 0 Å². The molecule has 0 aliphatic carbocycles. The Bertz CT molecular complexity index is 594. The first-order valence-electron chi connectivity index (χ1n) is 6.05. The number of nitrogens with two attached hydrogens (primary N) is 1. The van der Waals surface area contributed by atoms with E-state index in [2.05, 4.69) is 28.2 Å². The minimum Gasteiger partial charge on any atom is -0.397 e. The summed E-state index contributed by atoms with van der Waals surface area (Å²) in [4.78, 5) is 12.1. The van der Waals surface area contributed by atoms with Crippen LogP contribution in [0.15, 0.2) is 46.9 Å². The summed E-state index contributed by atoms with van der Waals surface area (Å²) in [5, 5.41) is 2.81. The summed E-state index contributed by atoms with van der Waals surface area (Å²) in [7, 11) is 0. The summed E-state index contributed by atoms with van der Waals surface area (Å²) < 4.78 is 0.885. The largest absolute Gasteiger partial charge is 0.397 e. The number of carbonyl (C=O) groups excluding carboxylic acids is 1. The van der Waals surface area contributed by atoms with Gasteiger partial charge in [-0.2, -0.15) is 0 Å². The summed E-state index contributed by atoms with van der Waals surface area (Å²) in [6, 6.07) is 12.9. The van der Waals surface area contributed by atoms with Gasteiger partial charge in [-0.1, -0.05) is 35.0 Å². The van der Waals surface area contributed by atoms with Gasteiger partial charge in [0, 0.05) is 10.0 Å². The maximum absolute atomic E-state index is 12.1. The Labute approximate surface area is 121 Å². The van der Waals surface area contributed by atoms with E-state index < -0.39 is 0 Å². The van der Waals surface area contributed by atoms with Crippen molar-refractivity contribution in [1.29, 1.82) is 0 Å². The lowest BCUT2D eigenvalue weighted by Gasteiger charge is -2.09. The van der Waals surface area contributed by atoms with Gasteiger partial charge in [0.15, 0.2) is 0 Å². The lowest BCUT2D eigenvalue weighted by molar-refractivity contribution is 0.102. The minimum atomic E-state index is -0.156. The molecule has 3 nitrogen and oxygen atoms in total. The zero-order chi connectivity index (χ0) is 13.8. The van der Waals surface area contributed by atoms with Crippen LogP contribution >= 0.6 is 15.9 Å². The van der Waals surface area contributed by atoms with Crippen LogP contribution in [-0.2, 0) is 6.42 Å². The lowest BCUT2D eigenvalue weighted by Crippen LogP contribution is -2.13. The van der Waals surface area contributed by atoms with Crippen LogP contribution in [0.1, 0.15) is 22.8 Å². The highest BCUT2D eigenvalue weighted by Gasteiger charge is 2.08. The average Bonchev–Trinajstić information content (AvgIpc) is 2.42. The smallest absolute Gasteiger partial charge is 0.255 e. The van der Waals surface area contributed by atoms with Gasteiger partial charge in [-0.25, -0.2) is 0 Å². The highest BCUT2D eigenvalue weighted by Crippen LogP contribution is 2.23. The third-order valence-electron chi connectivity index (χ3n) is 2.89. The first-order chi connectivity index (χ1) is 9.10. The molecule has 2 rings (SSSR count). The second-order valence-electron chi connectivity index (χ2n) is 4.24. The fraction of sp³-hybridized carbons (Fsp3) is 0.133. The topological polar surface area (TPSA) is 55.1 Å². The molecular weight excluding hydrogens is 304 g/mol. The fourth-order valence-electron chi connectivity index (χ4n) is 1.73. The number of anilines is 2. The Balaban J connectivity index is 2.15. The standard InChI is InChI=1S/C15H15BrN2O/c1-2-10-3-5-11(6-4-10)15(19)18-14-8-7-12(16)9-13(14)17/h3-9H,2,17H2,1H3,(H,18,19). The molecule has 98 valence electrons. The van der Waals surface area contributed by atoms with Gasteiger partial charge >= 0.3 is 0 Å². The predicted molar refractivity (Wildman–Crippen MR) is 82.3 cm³/mol. The molecule has 1 amide bonds. The number of hydrogen-bond acceptors (Lipinski definition) is 2. The minimum absolute atomic E-state index is 0.156. The normalized spacial score (nSPS) is 10.2. The molecular formula is C15H15BrN2O. The fourth-order valence-corrected chi connectivity index (χ4v) is 2.11. The molecule has 2 aromatic carbocycles. The lowest BCUT2D eigenvalue weighted by atomic mass is 10.1. The summed E-state index contributed by atoms with van der Waals surface area (Å²) in [6.07, 6.45) is 0.960. The van der Waals surface area contributed by atoms with E-state index in [0.29, 0.717) is 16.9 Å². The van der Waals surface area contributed by atoms with Gasteiger partial charge in [0.25, 0.3) is 5.91 Å². The third kappa shape index (κ3) is 3.35. The average molecular weight is 319 g/mol. The van der Waals surface area contributed by atoms with Gasteiger partial charge in [-0.15, -0.1) is 0 Å². The van der Waals surface area contributed by atoms with E-state index >= 15 is 0 Å². The van der Waals surface area contributed by atoms with Crippen molar-refractivity contribution < 1.29 is 4.79 Å². The van der Waals surface area contributed by atoms with Crippen LogP contribution in [0.4, 0.5) is 11.4 Å². The van der Waals surface area contributed by atoms with Crippen LogP contribution in [0.25, 0.3) is 0 Å². The van der Waals surface area contributed by atoms with Gasteiger partial charge < -0.3 is 11.1 Å². The van der Waals surface area contributed by atoms with E-state index in [0.717, 1.165) is 10.9 Å². The van der Waals surface area contributed by atoms with E-state index in [1.54, 1.807) is 12.1 Å². The Kier molecular flexibility index (Phi) is 4.22. The predicted octanol–water partition coefficient (Wildman–Crippen LogP) is 3.85. The van der Waals surface area contributed by atoms with Crippen molar-refractivity contribution in [2.24, 2.45) is 0 Å². The molecule has 19 heavy (non-hydrogen) atoms. The molecule has 0 aliphatic heterocycles. The van der Waals surface area contributed by atoms with Crippen molar-refractivity contribution in [3.05, 3.63) is 58.1 Å². The maximum atomic E-state index is 12.1. The number of amides is 1. The molecule has 0 spiro atoms. The molecule has 0 saturated heterocycles. The van der Waals surface area contributed by atoms with E-state index in [9.17, 15) is 4.79 Å². The second-order valence-corrected chi connectivity index (χ2v) is 5.15. The molecule has 0 radical (unpaired) electrons. The maximum Gasteiger partial charge on any atom is 0.255 e. The van der Waals surface area contributed by atoms with Crippen molar-refractivity contribution >= 4 is 33.2 Å². The molecule has 0 unspecified atom stereocenters. The number of rotatable bonds is 3. The van der Waals surface area contributed by atoms with Crippen molar-refractivity contribution in [2.75, 3.05) is 11.1 Å². The Morgan fingerprint density at radius 3 is 2.47 bits per heavy atom. The van der Waals surface area contributed by atoms with Crippen LogP contribution in [0.3, 0.4) is 0 Å². The number of nitrogens with one attached hydrogen (secondary N) is 1. The zero-order valence-corrected chi connectivity index (χ0v) is 12.2. The molecule has 0 fully saturated rings. The van der Waals surface area contributed by atoms with E-state index in [1.165, 1.54) is 5.56 Å². The molecule has 2 aromatic rings. The van der Waals surface area contributed by atoms with Crippen LogP contribution in [0, 0.1) is 0 Å². The first-order valence-corrected chi connectivity index (χ1v) is 6.84. The Morgan fingerprint density at radius 2 is 1.89 bits per heavy atom. The van der Waals surface area contributed by atoms with Crippen LogP contribution in [0.5, 0.6) is 0 Å². The molecule has 0 heterocycles.